The van der Waals surface area contributed by atoms with E-state index in [0.717, 1.165) is 23.8 Å². The summed E-state index contributed by atoms with van der Waals surface area (Å²) in [5.74, 6) is 0. The highest BCUT2D eigenvalue weighted by atomic mass is 32.1. The number of nitrogens with zero attached hydrogens (tertiary/aromatic N) is 2. The maximum atomic E-state index is 5.79. The highest BCUT2D eigenvalue weighted by Crippen LogP contribution is 2.33. The molecule has 1 aromatic rings. The minimum atomic E-state index is 0.0799. The van der Waals surface area contributed by atoms with E-state index in [9.17, 15) is 0 Å². The molecular weight excluding hydrogens is 218 g/mol. The van der Waals surface area contributed by atoms with E-state index >= 15 is 0 Å². The normalized spacial score (nSPS) is 11.9. The Morgan fingerprint density at radius 1 is 1.38 bits per heavy atom. The SMILES string of the molecule is CCCN(C)c1nc(C(C)(C)C)c(CN)s1. The molecule has 0 bridgehead atoms. The van der Waals surface area contributed by atoms with Crippen molar-refractivity contribution in [1.82, 2.24) is 4.98 Å². The van der Waals surface area contributed by atoms with Gasteiger partial charge in [-0.3, -0.25) is 0 Å². The fraction of sp³-hybridized carbons (Fsp3) is 0.750. The van der Waals surface area contributed by atoms with Crippen molar-refractivity contribution in [3.8, 4) is 0 Å². The van der Waals surface area contributed by atoms with Gasteiger partial charge in [0.25, 0.3) is 0 Å². The minimum Gasteiger partial charge on any atom is -0.351 e. The maximum absolute atomic E-state index is 5.79. The average molecular weight is 241 g/mol. The Hall–Kier alpha value is -0.610. The molecule has 92 valence electrons. The van der Waals surface area contributed by atoms with Gasteiger partial charge in [-0.1, -0.05) is 27.7 Å². The highest BCUT2D eigenvalue weighted by Gasteiger charge is 2.23. The standard InChI is InChI=1S/C12H23N3S/c1-6-7-15(5)11-14-10(12(2,3)4)9(8-13)16-11/h6-8,13H2,1-5H3. The quantitative estimate of drug-likeness (QED) is 0.881. The Morgan fingerprint density at radius 3 is 2.38 bits per heavy atom. The first-order valence-corrected chi connectivity index (χ1v) is 6.63. The summed E-state index contributed by atoms with van der Waals surface area (Å²) in [6.45, 7) is 10.4. The van der Waals surface area contributed by atoms with E-state index < -0.39 is 0 Å². The maximum Gasteiger partial charge on any atom is 0.185 e. The van der Waals surface area contributed by atoms with Crippen LogP contribution < -0.4 is 10.6 Å². The van der Waals surface area contributed by atoms with Gasteiger partial charge in [0.15, 0.2) is 5.13 Å². The molecule has 1 aromatic heterocycles. The molecule has 0 radical (unpaired) electrons. The van der Waals surface area contributed by atoms with Crippen LogP contribution in [0.1, 0.15) is 44.7 Å². The Balaban J connectivity index is 3.03. The number of thiazole rings is 1. The smallest absolute Gasteiger partial charge is 0.185 e. The summed E-state index contributed by atoms with van der Waals surface area (Å²) in [6, 6.07) is 0. The molecule has 16 heavy (non-hydrogen) atoms. The molecule has 0 fully saturated rings. The molecule has 3 nitrogen and oxygen atoms in total. The number of hydrogen-bond donors (Lipinski definition) is 1. The Bertz CT molecular complexity index is 339. The molecule has 0 aliphatic rings. The summed E-state index contributed by atoms with van der Waals surface area (Å²) < 4.78 is 0. The second-order valence-electron chi connectivity index (χ2n) is 5.14. The van der Waals surface area contributed by atoms with E-state index in [1.165, 1.54) is 4.88 Å². The molecule has 1 rings (SSSR count). The third kappa shape index (κ3) is 2.95. The second-order valence-corrected chi connectivity index (χ2v) is 6.21. The monoisotopic (exact) mass is 241 g/mol. The first-order chi connectivity index (χ1) is 7.40. The van der Waals surface area contributed by atoms with Crippen molar-refractivity contribution in [1.29, 1.82) is 0 Å². The van der Waals surface area contributed by atoms with Gasteiger partial charge in [0.1, 0.15) is 0 Å². The predicted octanol–water partition coefficient (Wildman–Crippen LogP) is 2.75. The molecule has 0 aromatic carbocycles. The summed E-state index contributed by atoms with van der Waals surface area (Å²) in [5.41, 5.74) is 7.02. The van der Waals surface area contributed by atoms with Crippen molar-refractivity contribution in [3.63, 3.8) is 0 Å². The topological polar surface area (TPSA) is 42.2 Å². The zero-order valence-corrected chi connectivity index (χ0v) is 11.8. The van der Waals surface area contributed by atoms with Gasteiger partial charge in [-0.15, -0.1) is 11.3 Å². The molecule has 0 aliphatic carbocycles. The van der Waals surface area contributed by atoms with Crippen LogP contribution in [-0.4, -0.2) is 18.6 Å². The minimum absolute atomic E-state index is 0.0799. The summed E-state index contributed by atoms with van der Waals surface area (Å²) in [4.78, 5) is 8.16. The lowest BCUT2D eigenvalue weighted by Gasteiger charge is -2.17. The molecule has 2 N–H and O–H groups in total. The van der Waals surface area contributed by atoms with E-state index in [1.807, 2.05) is 0 Å². The average Bonchev–Trinajstić information content (AvgIpc) is 2.61. The van der Waals surface area contributed by atoms with Gasteiger partial charge < -0.3 is 10.6 Å². The van der Waals surface area contributed by atoms with Crippen LogP contribution in [0.2, 0.25) is 0 Å². The summed E-state index contributed by atoms with van der Waals surface area (Å²) in [6.07, 6.45) is 1.14. The van der Waals surface area contributed by atoms with Crippen LogP contribution in [0.15, 0.2) is 0 Å². The summed E-state index contributed by atoms with van der Waals surface area (Å²) in [5, 5.41) is 1.09. The molecule has 0 saturated carbocycles. The number of anilines is 1. The number of aromatic nitrogens is 1. The van der Waals surface area contributed by atoms with Crippen LogP contribution in [0.5, 0.6) is 0 Å². The van der Waals surface area contributed by atoms with Gasteiger partial charge in [0.2, 0.25) is 0 Å². The summed E-state index contributed by atoms with van der Waals surface area (Å²) in [7, 11) is 2.09. The van der Waals surface area contributed by atoms with Crippen LogP contribution >= 0.6 is 11.3 Å². The van der Waals surface area contributed by atoms with E-state index in [2.05, 4.69) is 39.6 Å². The Labute approximate surface area is 103 Å². The lowest BCUT2D eigenvalue weighted by atomic mass is 9.91. The van der Waals surface area contributed by atoms with Crippen molar-refractivity contribution < 1.29 is 0 Å². The van der Waals surface area contributed by atoms with Crippen molar-refractivity contribution in [2.75, 3.05) is 18.5 Å². The second kappa shape index (κ2) is 5.15. The van der Waals surface area contributed by atoms with Crippen LogP contribution in [0.3, 0.4) is 0 Å². The van der Waals surface area contributed by atoms with Crippen molar-refractivity contribution >= 4 is 16.5 Å². The van der Waals surface area contributed by atoms with Gasteiger partial charge in [0.05, 0.1) is 5.69 Å². The lowest BCUT2D eigenvalue weighted by molar-refractivity contribution is 0.566. The lowest BCUT2D eigenvalue weighted by Crippen LogP contribution is -2.19. The molecule has 4 heteroatoms. The van der Waals surface area contributed by atoms with Crippen LogP contribution in [0.25, 0.3) is 0 Å². The van der Waals surface area contributed by atoms with Gasteiger partial charge in [-0.05, 0) is 6.42 Å². The Morgan fingerprint density at radius 2 is 2.00 bits per heavy atom. The molecule has 0 aliphatic heterocycles. The van der Waals surface area contributed by atoms with Gasteiger partial charge >= 0.3 is 0 Å². The third-order valence-electron chi connectivity index (χ3n) is 2.47. The van der Waals surface area contributed by atoms with Crippen molar-refractivity contribution in [3.05, 3.63) is 10.6 Å². The first kappa shape index (κ1) is 13.5. The fourth-order valence-corrected chi connectivity index (χ4v) is 2.79. The van der Waals surface area contributed by atoms with Crippen LogP contribution in [0, 0.1) is 0 Å². The largest absolute Gasteiger partial charge is 0.351 e. The predicted molar refractivity (Wildman–Crippen MR) is 72.3 cm³/mol. The molecule has 0 amide bonds. The third-order valence-corrected chi connectivity index (χ3v) is 3.66. The molecular formula is C12H23N3S. The first-order valence-electron chi connectivity index (χ1n) is 5.81. The molecule has 0 atom stereocenters. The van der Waals surface area contributed by atoms with Crippen LogP contribution in [0.4, 0.5) is 5.13 Å². The van der Waals surface area contributed by atoms with Gasteiger partial charge in [-0.25, -0.2) is 4.98 Å². The molecule has 0 spiro atoms. The van der Waals surface area contributed by atoms with Gasteiger partial charge in [0, 0.05) is 30.4 Å². The number of nitrogens with two attached hydrogens (primary N) is 1. The molecule has 0 unspecified atom stereocenters. The van der Waals surface area contributed by atoms with Gasteiger partial charge in [-0.2, -0.15) is 0 Å². The molecule has 1 heterocycles. The zero-order valence-electron chi connectivity index (χ0n) is 11.0. The van der Waals surface area contributed by atoms with E-state index in [-0.39, 0.29) is 5.41 Å². The van der Waals surface area contributed by atoms with Crippen molar-refractivity contribution in [2.24, 2.45) is 5.73 Å². The fourth-order valence-electron chi connectivity index (χ4n) is 1.66. The number of hydrogen-bond acceptors (Lipinski definition) is 4. The van der Waals surface area contributed by atoms with Crippen molar-refractivity contribution in [2.45, 2.75) is 46.1 Å². The van der Waals surface area contributed by atoms with E-state index in [4.69, 9.17) is 10.7 Å². The zero-order chi connectivity index (χ0) is 12.3. The number of rotatable bonds is 4. The molecule has 0 saturated heterocycles. The van der Waals surface area contributed by atoms with E-state index in [0.29, 0.717) is 6.54 Å². The van der Waals surface area contributed by atoms with Crippen LogP contribution in [-0.2, 0) is 12.0 Å². The highest BCUT2D eigenvalue weighted by molar-refractivity contribution is 7.15. The summed E-state index contributed by atoms with van der Waals surface area (Å²) >= 11 is 1.72. The van der Waals surface area contributed by atoms with E-state index in [1.54, 1.807) is 11.3 Å². The Kier molecular flexibility index (Phi) is 4.33.